The van der Waals surface area contributed by atoms with E-state index in [4.69, 9.17) is 0 Å². The Bertz CT molecular complexity index is 894. The van der Waals surface area contributed by atoms with Crippen LogP contribution in [0.3, 0.4) is 0 Å². The van der Waals surface area contributed by atoms with E-state index in [2.05, 4.69) is 25.8 Å². The van der Waals surface area contributed by atoms with Crippen LogP contribution in [-0.2, 0) is 18.4 Å². The number of tetrazole rings is 1. The standard InChI is InChI=1S/C16H19N7O/c1-10-7-5-6-8-13(10)16-18-21-23(20-16)9-14(24)17-15-11(2)19-22(4)12(15)3/h5-8H,9H2,1-4H3,(H,17,24). The maximum absolute atomic E-state index is 12.2. The average molecular weight is 325 g/mol. The number of rotatable bonds is 4. The molecule has 0 saturated heterocycles. The van der Waals surface area contributed by atoms with Crippen molar-refractivity contribution in [2.24, 2.45) is 7.05 Å². The number of hydrogen-bond acceptors (Lipinski definition) is 5. The Morgan fingerprint density at radius 3 is 2.58 bits per heavy atom. The van der Waals surface area contributed by atoms with E-state index in [0.717, 1.165) is 28.2 Å². The number of nitrogens with one attached hydrogen (secondary N) is 1. The summed E-state index contributed by atoms with van der Waals surface area (Å²) in [5, 5.41) is 19.4. The third kappa shape index (κ3) is 3.03. The zero-order valence-corrected chi connectivity index (χ0v) is 14.1. The highest BCUT2D eigenvalue weighted by atomic mass is 16.2. The molecule has 8 nitrogen and oxygen atoms in total. The smallest absolute Gasteiger partial charge is 0.248 e. The van der Waals surface area contributed by atoms with Crippen molar-refractivity contribution in [3.63, 3.8) is 0 Å². The summed E-state index contributed by atoms with van der Waals surface area (Å²) < 4.78 is 1.73. The largest absolute Gasteiger partial charge is 0.321 e. The number of nitrogens with zero attached hydrogens (tertiary/aromatic N) is 6. The fourth-order valence-corrected chi connectivity index (χ4v) is 2.50. The van der Waals surface area contributed by atoms with E-state index in [1.807, 2.05) is 52.1 Å². The van der Waals surface area contributed by atoms with Crippen molar-refractivity contribution in [2.75, 3.05) is 5.32 Å². The second-order valence-corrected chi connectivity index (χ2v) is 5.68. The van der Waals surface area contributed by atoms with Crippen LogP contribution in [0.5, 0.6) is 0 Å². The Balaban J connectivity index is 1.73. The van der Waals surface area contributed by atoms with Gasteiger partial charge in [-0.15, -0.1) is 10.2 Å². The maximum Gasteiger partial charge on any atom is 0.248 e. The molecule has 1 N–H and O–H groups in total. The van der Waals surface area contributed by atoms with Gasteiger partial charge in [-0.3, -0.25) is 9.48 Å². The van der Waals surface area contributed by atoms with Gasteiger partial charge in [-0.25, -0.2) is 0 Å². The van der Waals surface area contributed by atoms with Gasteiger partial charge in [-0.05, 0) is 31.5 Å². The van der Waals surface area contributed by atoms with Crippen molar-refractivity contribution >= 4 is 11.6 Å². The zero-order valence-electron chi connectivity index (χ0n) is 14.1. The minimum absolute atomic E-state index is 0.00729. The van der Waals surface area contributed by atoms with Crippen LogP contribution >= 0.6 is 0 Å². The number of aryl methyl sites for hydroxylation is 3. The molecule has 0 fully saturated rings. The first-order chi connectivity index (χ1) is 11.5. The topological polar surface area (TPSA) is 90.5 Å². The lowest BCUT2D eigenvalue weighted by molar-refractivity contribution is -0.117. The van der Waals surface area contributed by atoms with Crippen molar-refractivity contribution < 1.29 is 4.79 Å². The third-order valence-corrected chi connectivity index (χ3v) is 3.90. The summed E-state index contributed by atoms with van der Waals surface area (Å²) >= 11 is 0. The molecule has 1 aromatic carbocycles. The van der Waals surface area contributed by atoms with Crippen molar-refractivity contribution in [1.29, 1.82) is 0 Å². The summed E-state index contributed by atoms with van der Waals surface area (Å²) in [5.41, 5.74) is 4.36. The van der Waals surface area contributed by atoms with Gasteiger partial charge in [0.1, 0.15) is 6.54 Å². The molecular formula is C16H19N7O. The van der Waals surface area contributed by atoms with E-state index in [1.165, 1.54) is 4.80 Å². The molecule has 8 heteroatoms. The first kappa shape index (κ1) is 15.9. The fraction of sp³-hybridized carbons (Fsp3) is 0.312. The molecule has 0 radical (unpaired) electrons. The van der Waals surface area contributed by atoms with Crippen molar-refractivity contribution in [3.8, 4) is 11.4 Å². The van der Waals surface area contributed by atoms with Crippen molar-refractivity contribution in [3.05, 3.63) is 41.2 Å². The molecule has 0 aliphatic carbocycles. The predicted octanol–water partition coefficient (Wildman–Crippen LogP) is 1.64. The van der Waals surface area contributed by atoms with Gasteiger partial charge < -0.3 is 5.32 Å². The summed E-state index contributed by atoms with van der Waals surface area (Å²) in [6.45, 7) is 5.73. The van der Waals surface area contributed by atoms with Crippen LogP contribution in [0.2, 0.25) is 0 Å². The Labute approximate surface area is 139 Å². The van der Waals surface area contributed by atoms with E-state index in [0.29, 0.717) is 5.82 Å². The molecule has 2 heterocycles. The average Bonchev–Trinajstić information content (AvgIpc) is 3.08. The number of carbonyl (C=O) groups is 1. The number of anilines is 1. The number of benzene rings is 1. The lowest BCUT2D eigenvalue weighted by Gasteiger charge is -2.04. The lowest BCUT2D eigenvalue weighted by atomic mass is 10.1. The monoisotopic (exact) mass is 325 g/mol. The molecule has 0 saturated carbocycles. The maximum atomic E-state index is 12.2. The molecule has 0 aliphatic heterocycles. The molecule has 24 heavy (non-hydrogen) atoms. The van der Waals surface area contributed by atoms with Gasteiger partial charge in [0.05, 0.1) is 17.1 Å². The lowest BCUT2D eigenvalue weighted by Crippen LogP contribution is -2.21. The zero-order chi connectivity index (χ0) is 17.3. The van der Waals surface area contributed by atoms with Gasteiger partial charge >= 0.3 is 0 Å². The van der Waals surface area contributed by atoms with Crippen molar-refractivity contribution in [1.82, 2.24) is 30.0 Å². The Morgan fingerprint density at radius 1 is 1.17 bits per heavy atom. The molecule has 0 atom stereocenters. The summed E-state index contributed by atoms with van der Waals surface area (Å²) in [7, 11) is 1.84. The van der Waals surface area contributed by atoms with E-state index in [1.54, 1.807) is 4.68 Å². The SMILES string of the molecule is Cc1ccccc1-c1nnn(CC(=O)Nc2c(C)nn(C)c2C)n1. The van der Waals surface area contributed by atoms with Gasteiger partial charge in [0.25, 0.3) is 0 Å². The number of aromatic nitrogens is 6. The molecular weight excluding hydrogens is 306 g/mol. The van der Waals surface area contributed by atoms with E-state index in [-0.39, 0.29) is 12.5 Å². The molecule has 1 amide bonds. The van der Waals surface area contributed by atoms with Gasteiger partial charge in [0.2, 0.25) is 11.7 Å². The Morgan fingerprint density at radius 2 is 1.92 bits per heavy atom. The molecule has 3 aromatic rings. The normalized spacial score (nSPS) is 10.8. The van der Waals surface area contributed by atoms with Crippen LogP contribution in [0.1, 0.15) is 17.0 Å². The van der Waals surface area contributed by atoms with E-state index >= 15 is 0 Å². The summed E-state index contributed by atoms with van der Waals surface area (Å²) in [6.07, 6.45) is 0. The van der Waals surface area contributed by atoms with Crippen LogP contribution in [0.4, 0.5) is 5.69 Å². The highest BCUT2D eigenvalue weighted by Crippen LogP contribution is 2.19. The quantitative estimate of drug-likeness (QED) is 0.787. The number of amides is 1. The first-order valence-corrected chi connectivity index (χ1v) is 7.59. The molecule has 0 spiro atoms. The molecule has 3 rings (SSSR count). The minimum Gasteiger partial charge on any atom is -0.321 e. The summed E-state index contributed by atoms with van der Waals surface area (Å²) in [6, 6.07) is 7.79. The Kier molecular flexibility index (Phi) is 4.11. The second kappa shape index (κ2) is 6.23. The van der Waals surface area contributed by atoms with Crippen LogP contribution in [0.25, 0.3) is 11.4 Å². The van der Waals surface area contributed by atoms with Crippen molar-refractivity contribution in [2.45, 2.75) is 27.3 Å². The predicted molar refractivity (Wildman–Crippen MR) is 89.3 cm³/mol. The van der Waals surface area contributed by atoms with Crippen LogP contribution in [-0.4, -0.2) is 35.9 Å². The van der Waals surface area contributed by atoms with Crippen LogP contribution < -0.4 is 5.32 Å². The van der Waals surface area contributed by atoms with Crippen LogP contribution in [0, 0.1) is 20.8 Å². The molecule has 124 valence electrons. The van der Waals surface area contributed by atoms with Gasteiger partial charge in [0.15, 0.2) is 0 Å². The third-order valence-electron chi connectivity index (χ3n) is 3.90. The molecule has 0 unspecified atom stereocenters. The number of hydrogen-bond donors (Lipinski definition) is 1. The molecule has 2 aromatic heterocycles. The van der Waals surface area contributed by atoms with E-state index < -0.39 is 0 Å². The highest BCUT2D eigenvalue weighted by molar-refractivity contribution is 5.91. The number of carbonyl (C=O) groups excluding carboxylic acids is 1. The van der Waals surface area contributed by atoms with Gasteiger partial charge in [0, 0.05) is 12.6 Å². The Hall–Kier alpha value is -3.03. The van der Waals surface area contributed by atoms with Crippen LogP contribution in [0.15, 0.2) is 24.3 Å². The first-order valence-electron chi connectivity index (χ1n) is 7.59. The second-order valence-electron chi connectivity index (χ2n) is 5.68. The summed E-state index contributed by atoms with van der Waals surface area (Å²) in [5.74, 6) is 0.289. The van der Waals surface area contributed by atoms with Gasteiger partial charge in [-0.2, -0.15) is 9.90 Å². The highest BCUT2D eigenvalue weighted by Gasteiger charge is 2.15. The van der Waals surface area contributed by atoms with E-state index in [9.17, 15) is 4.79 Å². The fourth-order valence-electron chi connectivity index (χ4n) is 2.50. The summed E-state index contributed by atoms with van der Waals surface area (Å²) in [4.78, 5) is 13.5. The minimum atomic E-state index is -0.220. The molecule has 0 aliphatic rings. The molecule has 0 bridgehead atoms. The van der Waals surface area contributed by atoms with Gasteiger partial charge in [-0.1, -0.05) is 24.3 Å².